The van der Waals surface area contributed by atoms with Crippen LogP contribution in [0.3, 0.4) is 0 Å². The first kappa shape index (κ1) is 9.03. The molecular formula is CCoN2. The summed E-state index contributed by atoms with van der Waals surface area (Å²) in [5, 5.41) is 8.62. The summed E-state index contributed by atoms with van der Waals surface area (Å²) in [4.78, 5) is 0. The van der Waals surface area contributed by atoms with E-state index in [2.05, 4.69) is 15.7 Å². The molecule has 0 amide bonds. The van der Waals surface area contributed by atoms with Crippen LogP contribution in [0.1, 0.15) is 0 Å². The number of nitriles is 1. The Bertz CT molecular complexity index is 27.5. The summed E-state index contributed by atoms with van der Waals surface area (Å²) in [6.45, 7) is 0. The zero-order valence-corrected chi connectivity index (χ0v) is 2.77. The number of nitrogens with zero attached hydrogens (tertiary/aromatic N) is 2. The maximum Gasteiger partial charge on any atom is 0 e. The van der Waals surface area contributed by atoms with Crippen LogP contribution in [0.25, 0.3) is 0 Å². The van der Waals surface area contributed by atoms with Gasteiger partial charge in [-0.2, -0.15) is 0 Å². The maximum absolute atomic E-state index is 7.18. The smallest absolute Gasteiger partial charge is 0 e. The van der Waals surface area contributed by atoms with Gasteiger partial charge in [0.15, 0.2) is 0 Å². The zero-order valence-electron chi connectivity index (χ0n) is 1.73. The molecule has 0 bridgehead atoms. The predicted octanol–water partition coefficient (Wildman–Crippen LogP) is -0.466. The molecule has 0 aliphatic rings. The van der Waals surface area contributed by atoms with Crippen molar-refractivity contribution >= 4 is 0 Å². The van der Waals surface area contributed by atoms with E-state index in [1.165, 1.54) is 5.00 Å². The van der Waals surface area contributed by atoms with E-state index in [1.807, 2.05) is 0 Å². The molecule has 0 spiro atoms. The van der Waals surface area contributed by atoms with E-state index < -0.39 is 0 Å². The zero-order chi connectivity index (χ0) is 2.71. The number of hydrogen-bond donors (Lipinski definition) is 0. The van der Waals surface area contributed by atoms with Gasteiger partial charge in [0.25, 0.3) is 0 Å². The summed E-state index contributed by atoms with van der Waals surface area (Å²) in [6, 6.07) is 0. The molecule has 0 aliphatic carbocycles. The number of hydrogen-bond acceptors (Lipinski definition) is 1. The van der Waals surface area contributed by atoms with Crippen molar-refractivity contribution in [1.82, 2.24) is 6.15 Å². The minimum Gasteiger partial charge on any atom is 0 e. The molecule has 0 heterocycles. The van der Waals surface area contributed by atoms with Crippen LogP contribution >= 0.6 is 0 Å². The second kappa shape index (κ2) is 12.4. The van der Waals surface area contributed by atoms with Crippen molar-refractivity contribution in [3.63, 3.8) is 0 Å². The van der Waals surface area contributed by atoms with Crippen LogP contribution in [0.5, 0.6) is 0 Å². The SMILES string of the molecule is N#[C][Co].[N]. The normalized spacial score (nSPS) is 2.25. The van der Waals surface area contributed by atoms with E-state index >= 15 is 0 Å². The van der Waals surface area contributed by atoms with E-state index in [9.17, 15) is 0 Å². The molecule has 0 unspecified atom stereocenters. The molecule has 0 aliphatic heterocycles. The third-order valence-corrected chi connectivity index (χ3v) is 0. The Labute approximate surface area is 33.0 Å². The molecule has 0 N–H and O–H groups in total. The molecule has 3 heteroatoms. The Morgan fingerprint density at radius 2 is 1.75 bits per heavy atom. The molecule has 0 fully saturated rings. The first-order valence-corrected chi connectivity index (χ1v) is 0.911. The summed E-state index contributed by atoms with van der Waals surface area (Å²) < 4.78 is 0. The second-order valence-electron chi connectivity index (χ2n) is 0.0745. The van der Waals surface area contributed by atoms with E-state index in [-0.39, 0.29) is 6.15 Å². The summed E-state index contributed by atoms with van der Waals surface area (Å²) in [5.41, 5.74) is 0. The van der Waals surface area contributed by atoms with Crippen LogP contribution in [0.2, 0.25) is 0 Å². The molecule has 0 aromatic carbocycles. The van der Waals surface area contributed by atoms with Gasteiger partial charge in [-0.3, -0.25) is 0 Å². The molecule has 3 radical (unpaired) electrons. The van der Waals surface area contributed by atoms with Gasteiger partial charge in [-0.05, 0) is 0 Å². The number of rotatable bonds is 0. The van der Waals surface area contributed by atoms with Crippen LogP contribution in [0.15, 0.2) is 0 Å². The van der Waals surface area contributed by atoms with Gasteiger partial charge < -0.3 is 0 Å². The van der Waals surface area contributed by atoms with Gasteiger partial charge in [0.2, 0.25) is 0 Å². The quantitative estimate of drug-likeness (QED) is 0.405. The molecule has 0 saturated carbocycles. The van der Waals surface area contributed by atoms with Gasteiger partial charge in [0.05, 0.1) is 0 Å². The molecular weight excluding hydrogens is 99.0 g/mol. The minimum absolute atomic E-state index is 0. The van der Waals surface area contributed by atoms with Gasteiger partial charge in [0.1, 0.15) is 0 Å². The topological polar surface area (TPSA) is 54.3 Å². The van der Waals surface area contributed by atoms with Crippen LogP contribution in [0, 0.1) is 10.3 Å². The van der Waals surface area contributed by atoms with Crippen molar-refractivity contribution in [2.45, 2.75) is 0 Å². The largest absolute Gasteiger partial charge is 0 e. The van der Waals surface area contributed by atoms with Crippen molar-refractivity contribution in [1.29, 1.82) is 5.26 Å². The Balaban J connectivity index is 0. The Hall–Kier alpha value is -0.0435. The Morgan fingerprint density at radius 3 is 1.75 bits per heavy atom. The van der Waals surface area contributed by atoms with Crippen LogP contribution in [0.4, 0.5) is 0 Å². The van der Waals surface area contributed by atoms with Crippen molar-refractivity contribution in [3.05, 3.63) is 0 Å². The van der Waals surface area contributed by atoms with Crippen LogP contribution in [-0.4, -0.2) is 0 Å². The van der Waals surface area contributed by atoms with Crippen molar-refractivity contribution in [2.75, 3.05) is 0 Å². The standard InChI is InChI=1S/CN.Co.N/c1-2;;. The van der Waals surface area contributed by atoms with Crippen LogP contribution < -0.4 is 6.15 Å². The minimum atomic E-state index is 0. The Kier molecular flexibility index (Phi) is 27.9. The molecule has 0 aromatic rings. The van der Waals surface area contributed by atoms with Gasteiger partial charge in [0, 0.05) is 6.15 Å². The van der Waals surface area contributed by atoms with Crippen molar-refractivity contribution in [2.24, 2.45) is 0 Å². The fourth-order valence-electron chi connectivity index (χ4n) is 0. The maximum atomic E-state index is 7.18. The fraction of sp³-hybridized carbons (Fsp3) is 0. The first-order chi connectivity index (χ1) is 1.41. The molecule has 0 saturated heterocycles. The predicted molar refractivity (Wildman–Crippen MR) is 7.75 cm³/mol. The summed E-state index contributed by atoms with van der Waals surface area (Å²) in [5.74, 6) is 0. The molecule has 23 valence electrons. The van der Waals surface area contributed by atoms with Gasteiger partial charge >= 0.3 is 26.0 Å². The Morgan fingerprint density at radius 1 is 1.75 bits per heavy atom. The average Bonchev–Trinajstić information content (AvgIpc) is 0.918. The molecule has 4 heavy (non-hydrogen) atoms. The van der Waals surface area contributed by atoms with Crippen molar-refractivity contribution < 1.29 is 15.7 Å². The van der Waals surface area contributed by atoms with E-state index in [0.717, 1.165) is 0 Å². The first-order valence-electron chi connectivity index (χ1n) is 0.390. The van der Waals surface area contributed by atoms with Gasteiger partial charge in [-0.25, -0.2) is 0 Å². The van der Waals surface area contributed by atoms with Gasteiger partial charge in [-0.15, -0.1) is 0 Å². The molecule has 0 aromatic heterocycles. The van der Waals surface area contributed by atoms with E-state index in [4.69, 9.17) is 5.26 Å². The second-order valence-corrected chi connectivity index (χ2v) is 0.307. The summed E-state index contributed by atoms with van der Waals surface area (Å²) in [7, 11) is 0. The molecule has 2 nitrogen and oxygen atoms in total. The monoisotopic (exact) mass is 98.9 g/mol. The summed E-state index contributed by atoms with van der Waals surface area (Å²) >= 11 is 3.13. The van der Waals surface area contributed by atoms with Crippen molar-refractivity contribution in [3.8, 4) is 5.00 Å². The van der Waals surface area contributed by atoms with Gasteiger partial charge in [-0.1, -0.05) is 0 Å². The third kappa shape index (κ3) is 946. The van der Waals surface area contributed by atoms with Crippen LogP contribution in [-0.2, 0) is 15.7 Å². The fourth-order valence-corrected chi connectivity index (χ4v) is 0. The van der Waals surface area contributed by atoms with E-state index in [0.29, 0.717) is 0 Å². The third-order valence-electron chi connectivity index (χ3n) is 0. The average molecular weight is 99.0 g/mol. The molecule has 0 atom stereocenters. The summed E-state index contributed by atoms with van der Waals surface area (Å²) in [6.07, 6.45) is 0. The molecule has 0 rings (SSSR count). The van der Waals surface area contributed by atoms with E-state index in [1.54, 1.807) is 0 Å².